The maximum absolute atomic E-state index is 5.96. The third-order valence-electron chi connectivity index (χ3n) is 2.48. The fraction of sp³-hybridized carbons (Fsp3) is 0.385. The minimum atomic E-state index is 0.605. The van der Waals surface area contributed by atoms with Crippen molar-refractivity contribution < 1.29 is 0 Å². The fourth-order valence-corrected chi connectivity index (χ4v) is 3.08. The molecule has 19 heavy (non-hydrogen) atoms. The van der Waals surface area contributed by atoms with Crippen molar-refractivity contribution in [2.45, 2.75) is 26.8 Å². The van der Waals surface area contributed by atoms with Crippen molar-refractivity contribution in [3.8, 4) is 0 Å². The molecule has 2 rings (SSSR count). The van der Waals surface area contributed by atoms with Crippen molar-refractivity contribution >= 4 is 44.0 Å². The van der Waals surface area contributed by atoms with Gasteiger partial charge in [0.1, 0.15) is 5.01 Å². The maximum Gasteiger partial charge on any atom is 0.205 e. The second-order valence-electron chi connectivity index (χ2n) is 4.70. The van der Waals surface area contributed by atoms with Gasteiger partial charge in [0.2, 0.25) is 5.13 Å². The first-order chi connectivity index (χ1) is 9.04. The SMILES string of the molecule is CC(C)Cc1nnc(NCc2ccc(Cl)c(Br)c2)s1. The summed E-state index contributed by atoms with van der Waals surface area (Å²) in [5.41, 5.74) is 1.15. The molecule has 0 aliphatic rings. The molecule has 0 radical (unpaired) electrons. The fourth-order valence-electron chi connectivity index (χ4n) is 1.58. The van der Waals surface area contributed by atoms with Crippen LogP contribution < -0.4 is 5.32 Å². The van der Waals surface area contributed by atoms with Gasteiger partial charge in [-0.3, -0.25) is 0 Å². The van der Waals surface area contributed by atoms with Crippen LogP contribution in [0.1, 0.15) is 24.4 Å². The minimum absolute atomic E-state index is 0.605. The zero-order valence-corrected chi connectivity index (χ0v) is 13.9. The Labute approximate surface area is 130 Å². The molecule has 0 aliphatic heterocycles. The van der Waals surface area contributed by atoms with Crippen molar-refractivity contribution in [1.29, 1.82) is 0 Å². The summed E-state index contributed by atoms with van der Waals surface area (Å²) in [6.07, 6.45) is 0.978. The molecule has 0 saturated carbocycles. The topological polar surface area (TPSA) is 37.8 Å². The van der Waals surface area contributed by atoms with E-state index in [0.29, 0.717) is 12.5 Å². The van der Waals surface area contributed by atoms with Crippen LogP contribution in [0.2, 0.25) is 5.02 Å². The van der Waals surface area contributed by atoms with E-state index in [1.165, 1.54) is 0 Å². The predicted molar refractivity (Wildman–Crippen MR) is 84.9 cm³/mol. The lowest BCUT2D eigenvalue weighted by atomic mass is 10.1. The Morgan fingerprint density at radius 1 is 1.37 bits per heavy atom. The third kappa shape index (κ3) is 4.44. The summed E-state index contributed by atoms with van der Waals surface area (Å²) in [6, 6.07) is 5.88. The summed E-state index contributed by atoms with van der Waals surface area (Å²) in [5.74, 6) is 0.605. The van der Waals surface area contributed by atoms with Gasteiger partial charge in [-0.15, -0.1) is 10.2 Å². The van der Waals surface area contributed by atoms with Gasteiger partial charge in [0.05, 0.1) is 5.02 Å². The second-order valence-corrected chi connectivity index (χ2v) is 7.02. The van der Waals surface area contributed by atoms with E-state index in [9.17, 15) is 0 Å². The van der Waals surface area contributed by atoms with Crippen molar-refractivity contribution in [2.75, 3.05) is 5.32 Å². The third-order valence-corrected chi connectivity index (χ3v) is 4.59. The van der Waals surface area contributed by atoms with Crippen LogP contribution in [-0.2, 0) is 13.0 Å². The Kier molecular flexibility index (Phi) is 5.19. The summed E-state index contributed by atoms with van der Waals surface area (Å²) >= 11 is 11.0. The number of benzene rings is 1. The normalized spacial score (nSPS) is 11.0. The zero-order valence-electron chi connectivity index (χ0n) is 10.8. The highest BCUT2D eigenvalue weighted by Gasteiger charge is 2.06. The second kappa shape index (κ2) is 6.68. The van der Waals surface area contributed by atoms with Gasteiger partial charge in [-0.25, -0.2) is 0 Å². The highest BCUT2D eigenvalue weighted by Crippen LogP contribution is 2.24. The molecule has 0 amide bonds. The number of aromatic nitrogens is 2. The summed E-state index contributed by atoms with van der Waals surface area (Å²) in [7, 11) is 0. The van der Waals surface area contributed by atoms with E-state index in [1.807, 2.05) is 18.2 Å². The van der Waals surface area contributed by atoms with Gasteiger partial charge in [0.25, 0.3) is 0 Å². The Morgan fingerprint density at radius 3 is 2.84 bits per heavy atom. The molecule has 1 aromatic carbocycles. The van der Waals surface area contributed by atoms with E-state index >= 15 is 0 Å². The molecule has 3 nitrogen and oxygen atoms in total. The molecule has 0 aliphatic carbocycles. The molecule has 1 N–H and O–H groups in total. The average molecular weight is 361 g/mol. The molecule has 0 unspecified atom stereocenters. The molecule has 0 bridgehead atoms. The molecule has 0 spiro atoms. The number of hydrogen-bond acceptors (Lipinski definition) is 4. The van der Waals surface area contributed by atoms with Crippen molar-refractivity contribution in [2.24, 2.45) is 5.92 Å². The van der Waals surface area contributed by atoms with E-state index in [0.717, 1.165) is 31.6 Å². The van der Waals surface area contributed by atoms with Crippen molar-refractivity contribution in [1.82, 2.24) is 10.2 Å². The van der Waals surface area contributed by atoms with Gasteiger partial charge in [0, 0.05) is 17.4 Å². The van der Waals surface area contributed by atoms with E-state index in [1.54, 1.807) is 11.3 Å². The van der Waals surface area contributed by atoms with Crippen LogP contribution in [0.5, 0.6) is 0 Å². The molecule has 1 aromatic heterocycles. The number of anilines is 1. The van der Waals surface area contributed by atoms with Gasteiger partial charge in [-0.1, -0.05) is 42.9 Å². The first-order valence-corrected chi connectivity index (χ1v) is 8.03. The first kappa shape index (κ1) is 14.8. The van der Waals surface area contributed by atoms with Crippen LogP contribution in [-0.4, -0.2) is 10.2 Å². The molecule has 0 saturated heterocycles. The highest BCUT2D eigenvalue weighted by molar-refractivity contribution is 9.10. The lowest BCUT2D eigenvalue weighted by Gasteiger charge is -2.04. The Hall–Kier alpha value is -0.650. The lowest BCUT2D eigenvalue weighted by Crippen LogP contribution is -1.98. The summed E-state index contributed by atoms with van der Waals surface area (Å²) < 4.78 is 0.909. The highest BCUT2D eigenvalue weighted by atomic mass is 79.9. The molecular formula is C13H15BrClN3S. The van der Waals surface area contributed by atoms with E-state index < -0.39 is 0 Å². The molecular weight excluding hydrogens is 346 g/mol. The van der Waals surface area contributed by atoms with Crippen LogP contribution in [0.15, 0.2) is 22.7 Å². The summed E-state index contributed by atoms with van der Waals surface area (Å²) in [4.78, 5) is 0. The number of nitrogens with zero attached hydrogens (tertiary/aromatic N) is 2. The van der Waals surface area contributed by atoms with Crippen LogP contribution in [0.4, 0.5) is 5.13 Å². The maximum atomic E-state index is 5.96. The van der Waals surface area contributed by atoms with Gasteiger partial charge in [0.15, 0.2) is 0 Å². The van der Waals surface area contributed by atoms with E-state index in [-0.39, 0.29) is 0 Å². The molecule has 6 heteroatoms. The Bertz CT molecular complexity index is 557. The van der Waals surface area contributed by atoms with Crippen molar-refractivity contribution in [3.63, 3.8) is 0 Å². The first-order valence-electron chi connectivity index (χ1n) is 6.05. The quantitative estimate of drug-likeness (QED) is 0.835. The molecule has 2 aromatic rings. The van der Waals surface area contributed by atoms with Crippen LogP contribution in [0.3, 0.4) is 0 Å². The van der Waals surface area contributed by atoms with Crippen molar-refractivity contribution in [3.05, 3.63) is 38.3 Å². The van der Waals surface area contributed by atoms with Gasteiger partial charge < -0.3 is 5.32 Å². The van der Waals surface area contributed by atoms with Crippen LogP contribution in [0, 0.1) is 5.92 Å². The number of nitrogens with one attached hydrogen (secondary N) is 1. The molecule has 1 heterocycles. The molecule has 0 fully saturated rings. The Morgan fingerprint density at radius 2 is 2.16 bits per heavy atom. The van der Waals surface area contributed by atoms with E-state index in [4.69, 9.17) is 11.6 Å². The van der Waals surface area contributed by atoms with Crippen LogP contribution >= 0.6 is 38.9 Å². The Balaban J connectivity index is 1.94. The average Bonchev–Trinajstić information content (AvgIpc) is 2.77. The number of hydrogen-bond donors (Lipinski definition) is 1. The summed E-state index contributed by atoms with van der Waals surface area (Å²) in [6.45, 7) is 5.07. The largest absolute Gasteiger partial charge is 0.356 e. The minimum Gasteiger partial charge on any atom is -0.356 e. The summed E-state index contributed by atoms with van der Waals surface area (Å²) in [5, 5.41) is 14.3. The molecule has 0 atom stereocenters. The number of rotatable bonds is 5. The van der Waals surface area contributed by atoms with Crippen LogP contribution in [0.25, 0.3) is 0 Å². The monoisotopic (exact) mass is 359 g/mol. The number of halogens is 2. The molecule has 102 valence electrons. The van der Waals surface area contributed by atoms with Gasteiger partial charge in [-0.2, -0.15) is 0 Å². The van der Waals surface area contributed by atoms with Gasteiger partial charge >= 0.3 is 0 Å². The van der Waals surface area contributed by atoms with E-state index in [2.05, 4.69) is 45.3 Å². The lowest BCUT2D eigenvalue weighted by molar-refractivity contribution is 0.640. The zero-order chi connectivity index (χ0) is 13.8. The standard InChI is InChI=1S/C13H15BrClN3S/c1-8(2)5-12-17-18-13(19-12)16-7-9-3-4-11(15)10(14)6-9/h3-4,6,8H,5,7H2,1-2H3,(H,16,18). The smallest absolute Gasteiger partial charge is 0.205 e. The van der Waals surface area contributed by atoms with Gasteiger partial charge in [-0.05, 0) is 39.5 Å². The predicted octanol–water partition coefficient (Wildman–Crippen LogP) is 4.76.